The number of rotatable bonds is 2. The summed E-state index contributed by atoms with van der Waals surface area (Å²) < 4.78 is 0. The summed E-state index contributed by atoms with van der Waals surface area (Å²) in [7, 11) is 2.13. The number of hydrogen-bond donors (Lipinski definition) is 2. The SMILES string of the molecule is Cc1cc(C)c(C(N)=NO)c(N2CCCN(C)CC2)n1. The Kier molecular flexibility index (Phi) is 4.44. The van der Waals surface area contributed by atoms with Gasteiger partial charge in [0.1, 0.15) is 5.82 Å². The molecule has 0 aliphatic carbocycles. The Labute approximate surface area is 119 Å². The second-order valence-electron chi connectivity index (χ2n) is 5.41. The van der Waals surface area contributed by atoms with E-state index in [0.717, 1.165) is 55.2 Å². The molecule has 1 aliphatic rings. The normalized spacial score (nSPS) is 18.1. The van der Waals surface area contributed by atoms with Gasteiger partial charge in [-0.25, -0.2) is 4.98 Å². The average Bonchev–Trinajstić information content (AvgIpc) is 2.62. The third-order valence-electron chi connectivity index (χ3n) is 3.71. The van der Waals surface area contributed by atoms with Gasteiger partial charge in [0.2, 0.25) is 0 Å². The van der Waals surface area contributed by atoms with Crippen LogP contribution in [0.15, 0.2) is 11.2 Å². The maximum absolute atomic E-state index is 9.01. The first-order valence-corrected chi connectivity index (χ1v) is 6.92. The van der Waals surface area contributed by atoms with Gasteiger partial charge in [-0.15, -0.1) is 0 Å². The minimum atomic E-state index is 0.127. The number of amidine groups is 1. The van der Waals surface area contributed by atoms with Gasteiger partial charge in [0.15, 0.2) is 5.84 Å². The summed E-state index contributed by atoms with van der Waals surface area (Å²) in [4.78, 5) is 9.17. The molecule has 110 valence electrons. The number of nitrogens with two attached hydrogens (primary N) is 1. The minimum Gasteiger partial charge on any atom is -0.409 e. The molecule has 20 heavy (non-hydrogen) atoms. The van der Waals surface area contributed by atoms with Gasteiger partial charge in [0.25, 0.3) is 0 Å². The van der Waals surface area contributed by atoms with Crippen LogP contribution in [-0.2, 0) is 0 Å². The van der Waals surface area contributed by atoms with Crippen molar-refractivity contribution in [1.29, 1.82) is 0 Å². The lowest BCUT2D eigenvalue weighted by Gasteiger charge is -2.25. The highest BCUT2D eigenvalue weighted by Gasteiger charge is 2.20. The number of likely N-dealkylation sites (N-methyl/N-ethyl adjacent to an activating group) is 1. The smallest absolute Gasteiger partial charge is 0.174 e. The number of aromatic nitrogens is 1. The largest absolute Gasteiger partial charge is 0.409 e. The van der Waals surface area contributed by atoms with E-state index >= 15 is 0 Å². The number of nitrogens with zero attached hydrogens (tertiary/aromatic N) is 4. The molecule has 0 unspecified atom stereocenters. The summed E-state index contributed by atoms with van der Waals surface area (Å²) >= 11 is 0. The molecule has 1 aliphatic heterocycles. The standard InChI is InChI=1S/C14H23N5O/c1-10-9-11(2)16-14(12(10)13(15)17-20)19-6-4-5-18(3)7-8-19/h9,20H,4-8H2,1-3H3,(H2,15,17). The first kappa shape index (κ1) is 14.6. The van der Waals surface area contributed by atoms with Gasteiger partial charge in [-0.05, 0) is 45.5 Å². The van der Waals surface area contributed by atoms with Crippen molar-refractivity contribution in [2.24, 2.45) is 10.9 Å². The second-order valence-corrected chi connectivity index (χ2v) is 5.41. The molecule has 0 spiro atoms. The lowest BCUT2D eigenvalue weighted by atomic mass is 10.1. The molecule has 6 heteroatoms. The highest BCUT2D eigenvalue weighted by atomic mass is 16.4. The van der Waals surface area contributed by atoms with E-state index in [0.29, 0.717) is 0 Å². The Hall–Kier alpha value is -1.82. The molecule has 0 atom stereocenters. The van der Waals surface area contributed by atoms with E-state index in [-0.39, 0.29) is 5.84 Å². The first-order valence-electron chi connectivity index (χ1n) is 6.92. The Morgan fingerprint density at radius 2 is 2.05 bits per heavy atom. The lowest BCUT2D eigenvalue weighted by molar-refractivity contribution is 0.318. The fourth-order valence-corrected chi connectivity index (χ4v) is 2.67. The summed E-state index contributed by atoms with van der Waals surface area (Å²) in [6.45, 7) is 7.85. The molecule has 1 saturated heterocycles. The Morgan fingerprint density at radius 1 is 1.30 bits per heavy atom. The fraction of sp³-hybridized carbons (Fsp3) is 0.571. The van der Waals surface area contributed by atoms with Crippen molar-refractivity contribution in [1.82, 2.24) is 9.88 Å². The molecule has 2 heterocycles. The molecule has 1 fully saturated rings. The maximum atomic E-state index is 9.01. The van der Waals surface area contributed by atoms with E-state index in [9.17, 15) is 0 Å². The molecular formula is C14H23N5O. The third kappa shape index (κ3) is 3.01. The van der Waals surface area contributed by atoms with Crippen LogP contribution in [0.25, 0.3) is 0 Å². The van der Waals surface area contributed by atoms with Gasteiger partial charge in [-0.1, -0.05) is 5.16 Å². The monoisotopic (exact) mass is 277 g/mol. The molecule has 1 aromatic rings. The van der Waals surface area contributed by atoms with Crippen LogP contribution < -0.4 is 10.6 Å². The molecule has 2 rings (SSSR count). The average molecular weight is 277 g/mol. The number of aryl methyl sites for hydroxylation is 2. The number of pyridine rings is 1. The Morgan fingerprint density at radius 3 is 2.75 bits per heavy atom. The van der Waals surface area contributed by atoms with Crippen molar-refractivity contribution in [2.75, 3.05) is 38.1 Å². The first-order chi connectivity index (χ1) is 9.52. The van der Waals surface area contributed by atoms with Gasteiger partial charge in [-0.3, -0.25) is 0 Å². The van der Waals surface area contributed by atoms with Gasteiger partial charge in [-0.2, -0.15) is 0 Å². The van der Waals surface area contributed by atoms with Crippen LogP contribution >= 0.6 is 0 Å². The summed E-state index contributed by atoms with van der Waals surface area (Å²) in [6.07, 6.45) is 1.08. The fourth-order valence-electron chi connectivity index (χ4n) is 2.67. The number of oxime groups is 1. The van der Waals surface area contributed by atoms with E-state index in [1.54, 1.807) is 0 Å². The summed E-state index contributed by atoms with van der Waals surface area (Å²) in [6, 6.07) is 1.96. The van der Waals surface area contributed by atoms with Crippen LogP contribution in [0.4, 0.5) is 5.82 Å². The zero-order valence-electron chi connectivity index (χ0n) is 12.4. The molecule has 0 aromatic carbocycles. The van der Waals surface area contributed by atoms with Gasteiger partial charge in [0, 0.05) is 25.3 Å². The van der Waals surface area contributed by atoms with Crippen LogP contribution in [0, 0.1) is 13.8 Å². The van der Waals surface area contributed by atoms with Crippen LogP contribution in [0.5, 0.6) is 0 Å². The molecule has 0 saturated carbocycles. The summed E-state index contributed by atoms with van der Waals surface area (Å²) in [5, 5.41) is 12.2. The molecular weight excluding hydrogens is 254 g/mol. The summed E-state index contributed by atoms with van der Waals surface area (Å²) in [5.74, 6) is 0.954. The Bertz CT molecular complexity index is 515. The number of anilines is 1. The molecule has 3 N–H and O–H groups in total. The highest BCUT2D eigenvalue weighted by Crippen LogP contribution is 2.23. The zero-order chi connectivity index (χ0) is 14.7. The molecule has 0 radical (unpaired) electrons. The lowest BCUT2D eigenvalue weighted by Crippen LogP contribution is -2.32. The van der Waals surface area contributed by atoms with Crippen molar-refractivity contribution in [3.63, 3.8) is 0 Å². The van der Waals surface area contributed by atoms with Crippen LogP contribution in [-0.4, -0.2) is 54.2 Å². The van der Waals surface area contributed by atoms with Crippen LogP contribution in [0.3, 0.4) is 0 Å². The number of hydrogen-bond acceptors (Lipinski definition) is 5. The van der Waals surface area contributed by atoms with Gasteiger partial charge in [0.05, 0.1) is 5.56 Å². The molecule has 6 nitrogen and oxygen atoms in total. The van der Waals surface area contributed by atoms with Crippen molar-refractivity contribution in [3.05, 3.63) is 22.9 Å². The predicted octanol–water partition coefficient (Wildman–Crippen LogP) is 0.935. The van der Waals surface area contributed by atoms with Gasteiger partial charge < -0.3 is 20.7 Å². The predicted molar refractivity (Wildman–Crippen MR) is 80.5 cm³/mol. The van der Waals surface area contributed by atoms with E-state index in [2.05, 4.69) is 27.0 Å². The van der Waals surface area contributed by atoms with E-state index in [4.69, 9.17) is 10.9 Å². The van der Waals surface area contributed by atoms with Crippen molar-refractivity contribution in [2.45, 2.75) is 20.3 Å². The van der Waals surface area contributed by atoms with E-state index in [1.165, 1.54) is 0 Å². The van der Waals surface area contributed by atoms with E-state index in [1.807, 2.05) is 19.9 Å². The minimum absolute atomic E-state index is 0.127. The molecule has 0 amide bonds. The Balaban J connectivity index is 2.43. The molecule has 1 aromatic heterocycles. The van der Waals surface area contributed by atoms with Crippen LogP contribution in [0.1, 0.15) is 23.2 Å². The zero-order valence-corrected chi connectivity index (χ0v) is 12.4. The van der Waals surface area contributed by atoms with Gasteiger partial charge >= 0.3 is 0 Å². The van der Waals surface area contributed by atoms with E-state index < -0.39 is 0 Å². The van der Waals surface area contributed by atoms with Crippen LogP contribution in [0.2, 0.25) is 0 Å². The molecule has 0 bridgehead atoms. The maximum Gasteiger partial charge on any atom is 0.174 e. The third-order valence-corrected chi connectivity index (χ3v) is 3.71. The van der Waals surface area contributed by atoms with Crippen molar-refractivity contribution < 1.29 is 5.21 Å². The topological polar surface area (TPSA) is 78.0 Å². The quantitative estimate of drug-likeness (QED) is 0.364. The summed E-state index contributed by atoms with van der Waals surface area (Å²) in [5.41, 5.74) is 8.52. The van der Waals surface area contributed by atoms with Crippen molar-refractivity contribution in [3.8, 4) is 0 Å². The highest BCUT2D eigenvalue weighted by molar-refractivity contribution is 6.02. The van der Waals surface area contributed by atoms with Crippen molar-refractivity contribution >= 4 is 11.7 Å². The second kappa shape index (κ2) is 6.09.